The minimum absolute atomic E-state index is 0.0975. The lowest BCUT2D eigenvalue weighted by Gasteiger charge is -2.09. The quantitative estimate of drug-likeness (QED) is 0.661. The molecule has 2 aromatic carbocycles. The second-order valence-electron chi connectivity index (χ2n) is 5.43. The van der Waals surface area contributed by atoms with Crippen LogP contribution in [0.4, 0.5) is 0 Å². The van der Waals surface area contributed by atoms with Gasteiger partial charge in [0.05, 0.1) is 11.5 Å². The minimum atomic E-state index is -3.60. The summed E-state index contributed by atoms with van der Waals surface area (Å²) < 4.78 is 31.8. The Kier molecular flexibility index (Phi) is 6.94. The van der Waals surface area contributed by atoms with Crippen molar-refractivity contribution in [1.29, 1.82) is 0 Å². The number of benzene rings is 2. The van der Waals surface area contributed by atoms with Crippen LogP contribution in [0, 0.1) is 0 Å². The van der Waals surface area contributed by atoms with Gasteiger partial charge in [0.1, 0.15) is 5.75 Å². The van der Waals surface area contributed by atoms with Gasteiger partial charge in [0, 0.05) is 18.7 Å². The molecule has 1 amide bonds. The molecule has 0 unspecified atom stereocenters. The van der Waals surface area contributed by atoms with Crippen LogP contribution in [0.2, 0.25) is 0 Å². The molecular weight excluding hydrogens is 352 g/mol. The molecule has 0 saturated carbocycles. The highest BCUT2D eigenvalue weighted by atomic mass is 32.2. The van der Waals surface area contributed by atoms with Crippen LogP contribution >= 0.6 is 0 Å². The van der Waals surface area contributed by atoms with Gasteiger partial charge in [-0.3, -0.25) is 4.79 Å². The molecule has 7 heteroatoms. The Hall–Kier alpha value is -2.64. The van der Waals surface area contributed by atoms with E-state index in [-0.39, 0.29) is 17.3 Å². The van der Waals surface area contributed by atoms with Crippen molar-refractivity contribution in [2.45, 2.75) is 18.4 Å². The normalized spacial score (nSPS) is 11.0. The monoisotopic (exact) mass is 374 g/mol. The molecule has 2 aromatic rings. The Labute approximate surface area is 153 Å². The third-order valence-corrected chi connectivity index (χ3v) is 4.95. The summed E-state index contributed by atoms with van der Waals surface area (Å²) in [4.78, 5) is 12.3. The standard InChI is InChI=1S/C19H22N2O4S/c1-3-12-21-26(23,24)18-10-8-16(9-11-18)19(22)20-14-15-6-5-7-17(13-15)25-4-2/h3,5-11,13,21H,1,4,12,14H2,2H3,(H,20,22). The second kappa shape index (κ2) is 9.17. The van der Waals surface area contributed by atoms with Gasteiger partial charge in [0.2, 0.25) is 10.0 Å². The van der Waals surface area contributed by atoms with Gasteiger partial charge in [-0.05, 0) is 48.9 Å². The van der Waals surface area contributed by atoms with Crippen LogP contribution in [-0.2, 0) is 16.6 Å². The van der Waals surface area contributed by atoms with Crippen molar-refractivity contribution in [3.8, 4) is 5.75 Å². The first kappa shape index (κ1) is 19.7. The van der Waals surface area contributed by atoms with E-state index in [2.05, 4.69) is 16.6 Å². The maximum Gasteiger partial charge on any atom is 0.251 e. The first-order valence-electron chi connectivity index (χ1n) is 8.17. The van der Waals surface area contributed by atoms with E-state index in [1.165, 1.54) is 30.3 Å². The van der Waals surface area contributed by atoms with E-state index in [4.69, 9.17) is 4.74 Å². The molecule has 138 valence electrons. The Morgan fingerprint density at radius 1 is 1.19 bits per heavy atom. The van der Waals surface area contributed by atoms with E-state index < -0.39 is 10.0 Å². The zero-order valence-electron chi connectivity index (χ0n) is 14.6. The summed E-state index contributed by atoms with van der Waals surface area (Å²) in [6.45, 7) is 6.44. The molecule has 6 nitrogen and oxygen atoms in total. The number of rotatable bonds is 9. The Morgan fingerprint density at radius 2 is 1.92 bits per heavy atom. The third-order valence-electron chi connectivity index (χ3n) is 3.51. The van der Waals surface area contributed by atoms with Crippen molar-refractivity contribution in [2.24, 2.45) is 0 Å². The highest BCUT2D eigenvalue weighted by Gasteiger charge is 2.13. The predicted octanol–water partition coefficient (Wildman–Crippen LogP) is 2.48. The summed E-state index contributed by atoms with van der Waals surface area (Å²) >= 11 is 0. The van der Waals surface area contributed by atoms with Crippen molar-refractivity contribution in [3.63, 3.8) is 0 Å². The average molecular weight is 374 g/mol. The van der Waals surface area contributed by atoms with Gasteiger partial charge in [-0.2, -0.15) is 0 Å². The molecule has 0 bridgehead atoms. The fourth-order valence-corrected chi connectivity index (χ4v) is 3.23. The fourth-order valence-electron chi connectivity index (χ4n) is 2.23. The number of carbonyl (C=O) groups is 1. The zero-order chi connectivity index (χ0) is 19.0. The summed E-state index contributed by atoms with van der Waals surface area (Å²) in [6, 6.07) is 13.2. The SMILES string of the molecule is C=CCNS(=O)(=O)c1ccc(C(=O)NCc2cccc(OCC)c2)cc1. The van der Waals surface area contributed by atoms with Crippen LogP contribution in [0.25, 0.3) is 0 Å². The average Bonchev–Trinajstić information content (AvgIpc) is 2.65. The minimum Gasteiger partial charge on any atom is -0.494 e. The van der Waals surface area contributed by atoms with Gasteiger partial charge >= 0.3 is 0 Å². The Morgan fingerprint density at radius 3 is 2.58 bits per heavy atom. The van der Waals surface area contributed by atoms with Crippen LogP contribution in [0.3, 0.4) is 0 Å². The molecule has 0 atom stereocenters. The molecular formula is C19H22N2O4S. The van der Waals surface area contributed by atoms with Gasteiger partial charge in [-0.15, -0.1) is 6.58 Å². The Balaban J connectivity index is 2.00. The molecule has 0 aliphatic heterocycles. The van der Waals surface area contributed by atoms with E-state index in [0.29, 0.717) is 18.7 Å². The van der Waals surface area contributed by atoms with Crippen molar-refractivity contribution >= 4 is 15.9 Å². The van der Waals surface area contributed by atoms with Gasteiger partial charge < -0.3 is 10.1 Å². The van der Waals surface area contributed by atoms with E-state index in [9.17, 15) is 13.2 Å². The second-order valence-corrected chi connectivity index (χ2v) is 7.19. The lowest BCUT2D eigenvalue weighted by Crippen LogP contribution is -2.24. The van der Waals surface area contributed by atoms with Crippen LogP contribution in [0.15, 0.2) is 66.1 Å². The van der Waals surface area contributed by atoms with Gasteiger partial charge in [-0.1, -0.05) is 18.2 Å². The summed E-state index contributed by atoms with van der Waals surface area (Å²) in [5.74, 6) is 0.468. The number of carbonyl (C=O) groups excluding carboxylic acids is 1. The lowest BCUT2D eigenvalue weighted by atomic mass is 10.2. The van der Waals surface area contributed by atoms with Gasteiger partial charge in [0.15, 0.2) is 0 Å². The molecule has 26 heavy (non-hydrogen) atoms. The number of hydrogen-bond donors (Lipinski definition) is 2. The van der Waals surface area contributed by atoms with E-state index in [1.54, 1.807) is 0 Å². The molecule has 0 fully saturated rings. The molecule has 2 rings (SSSR count). The summed E-state index contributed by atoms with van der Waals surface area (Å²) in [5, 5.41) is 2.80. The van der Waals surface area contributed by atoms with Gasteiger partial charge in [0.25, 0.3) is 5.91 Å². The van der Waals surface area contributed by atoms with Crippen molar-refractivity contribution in [2.75, 3.05) is 13.2 Å². The van der Waals surface area contributed by atoms with Crippen LogP contribution < -0.4 is 14.8 Å². The van der Waals surface area contributed by atoms with Crippen molar-refractivity contribution in [3.05, 3.63) is 72.3 Å². The number of nitrogens with one attached hydrogen (secondary N) is 2. The molecule has 0 spiro atoms. The van der Waals surface area contributed by atoms with E-state index in [0.717, 1.165) is 11.3 Å². The number of hydrogen-bond acceptors (Lipinski definition) is 4. The summed E-state index contributed by atoms with van der Waals surface area (Å²) in [6.07, 6.45) is 1.46. The summed E-state index contributed by atoms with van der Waals surface area (Å²) in [7, 11) is -3.60. The largest absolute Gasteiger partial charge is 0.494 e. The van der Waals surface area contributed by atoms with Crippen molar-refractivity contribution in [1.82, 2.24) is 10.0 Å². The lowest BCUT2D eigenvalue weighted by molar-refractivity contribution is 0.0950. The highest BCUT2D eigenvalue weighted by molar-refractivity contribution is 7.89. The maximum atomic E-state index is 12.2. The van der Waals surface area contributed by atoms with E-state index >= 15 is 0 Å². The fraction of sp³-hybridized carbons (Fsp3) is 0.211. The number of ether oxygens (including phenoxy) is 1. The molecule has 0 saturated heterocycles. The van der Waals surface area contributed by atoms with E-state index in [1.807, 2.05) is 31.2 Å². The van der Waals surface area contributed by atoms with Crippen LogP contribution in [-0.4, -0.2) is 27.5 Å². The first-order valence-corrected chi connectivity index (χ1v) is 9.65. The third kappa shape index (κ3) is 5.44. The smallest absolute Gasteiger partial charge is 0.251 e. The predicted molar refractivity (Wildman–Crippen MR) is 101 cm³/mol. The number of amides is 1. The zero-order valence-corrected chi connectivity index (χ0v) is 15.4. The highest BCUT2D eigenvalue weighted by Crippen LogP contribution is 2.14. The van der Waals surface area contributed by atoms with Gasteiger partial charge in [-0.25, -0.2) is 13.1 Å². The maximum absolute atomic E-state index is 12.2. The molecule has 2 N–H and O–H groups in total. The van der Waals surface area contributed by atoms with Crippen LogP contribution in [0.1, 0.15) is 22.8 Å². The molecule has 0 aliphatic rings. The topological polar surface area (TPSA) is 84.5 Å². The number of sulfonamides is 1. The first-order chi connectivity index (χ1) is 12.5. The Bertz CT molecular complexity index is 861. The van der Waals surface area contributed by atoms with Crippen LogP contribution in [0.5, 0.6) is 5.75 Å². The molecule has 0 heterocycles. The molecule has 0 aliphatic carbocycles. The molecule has 0 radical (unpaired) electrons. The summed E-state index contributed by atoms with van der Waals surface area (Å²) in [5.41, 5.74) is 1.30. The van der Waals surface area contributed by atoms with Crippen molar-refractivity contribution < 1.29 is 17.9 Å². The molecule has 0 aromatic heterocycles.